The van der Waals surface area contributed by atoms with Crippen molar-refractivity contribution in [2.45, 2.75) is 12.5 Å². The van der Waals surface area contributed by atoms with Crippen LogP contribution in [0.5, 0.6) is 0 Å². The summed E-state index contributed by atoms with van der Waals surface area (Å²) in [6.07, 6.45) is 1.39. The summed E-state index contributed by atoms with van der Waals surface area (Å²) in [5.74, 6) is -0.462. The van der Waals surface area contributed by atoms with E-state index in [0.29, 0.717) is 23.2 Å². The molecule has 0 aliphatic rings. The van der Waals surface area contributed by atoms with Gasteiger partial charge in [0.1, 0.15) is 11.6 Å². The Labute approximate surface area is 156 Å². The number of nitrogens with one attached hydrogen (secondary N) is 2. The minimum Gasteiger partial charge on any atom is -0.467 e. The topological polar surface area (TPSA) is 111 Å². The van der Waals surface area contributed by atoms with Gasteiger partial charge in [-0.3, -0.25) is 4.72 Å². The maximum absolute atomic E-state index is 12.1. The average Bonchev–Trinajstić information content (AvgIpc) is 3.03. The Morgan fingerprint density at radius 3 is 2.52 bits per heavy atom. The van der Waals surface area contributed by atoms with Crippen LogP contribution in [0.2, 0.25) is 0 Å². The van der Waals surface area contributed by atoms with Crippen LogP contribution in [0.25, 0.3) is 11.1 Å². The van der Waals surface area contributed by atoms with Crippen molar-refractivity contribution in [3.8, 4) is 0 Å². The number of hydrogen-bond acceptors (Lipinski definition) is 7. The first-order valence-corrected chi connectivity index (χ1v) is 10.00. The molecule has 0 fully saturated rings. The second kappa shape index (κ2) is 7.67. The summed E-state index contributed by atoms with van der Waals surface area (Å²) in [6.45, 7) is 0. The van der Waals surface area contributed by atoms with E-state index >= 15 is 0 Å². The van der Waals surface area contributed by atoms with E-state index in [0.717, 1.165) is 11.8 Å². The van der Waals surface area contributed by atoms with Gasteiger partial charge in [0, 0.05) is 12.1 Å². The van der Waals surface area contributed by atoms with Gasteiger partial charge in [-0.1, -0.05) is 24.3 Å². The van der Waals surface area contributed by atoms with E-state index in [1.807, 2.05) is 18.2 Å². The number of esters is 1. The van der Waals surface area contributed by atoms with Crippen molar-refractivity contribution >= 4 is 38.8 Å². The Kier molecular flexibility index (Phi) is 5.31. The third kappa shape index (κ3) is 4.98. The number of sulfonamides is 1. The van der Waals surface area contributed by atoms with E-state index in [4.69, 9.17) is 9.15 Å². The van der Waals surface area contributed by atoms with Gasteiger partial charge in [-0.05, 0) is 29.8 Å². The summed E-state index contributed by atoms with van der Waals surface area (Å²) in [6, 6.07) is 13.5. The highest BCUT2D eigenvalue weighted by molar-refractivity contribution is 7.92. The lowest BCUT2D eigenvalue weighted by Gasteiger charge is -2.15. The Hall–Kier alpha value is -3.07. The Morgan fingerprint density at radius 2 is 1.89 bits per heavy atom. The van der Waals surface area contributed by atoms with Crippen LogP contribution in [0.15, 0.2) is 52.9 Å². The van der Waals surface area contributed by atoms with Gasteiger partial charge in [0.25, 0.3) is 6.01 Å². The summed E-state index contributed by atoms with van der Waals surface area (Å²) in [7, 11) is -2.03. The van der Waals surface area contributed by atoms with Crippen molar-refractivity contribution < 1.29 is 22.4 Å². The number of anilines is 2. The van der Waals surface area contributed by atoms with Crippen molar-refractivity contribution in [1.82, 2.24) is 4.98 Å². The summed E-state index contributed by atoms with van der Waals surface area (Å²) in [4.78, 5) is 16.4. The molecule has 27 heavy (non-hydrogen) atoms. The Morgan fingerprint density at radius 1 is 1.19 bits per heavy atom. The Balaban J connectivity index is 1.76. The molecule has 0 unspecified atom stereocenters. The fourth-order valence-electron chi connectivity index (χ4n) is 2.58. The lowest BCUT2D eigenvalue weighted by atomic mass is 10.1. The average molecular weight is 389 g/mol. The minimum absolute atomic E-state index is 0.224. The number of methoxy groups -OCH3 is 1. The number of aromatic nitrogens is 1. The zero-order chi connectivity index (χ0) is 19.4. The smallest absolute Gasteiger partial charge is 0.328 e. The predicted octanol–water partition coefficient (Wildman–Crippen LogP) is 2.40. The number of benzene rings is 2. The molecule has 0 aliphatic heterocycles. The van der Waals surface area contributed by atoms with Crippen LogP contribution >= 0.6 is 0 Å². The fourth-order valence-corrected chi connectivity index (χ4v) is 3.14. The van der Waals surface area contributed by atoms with E-state index in [1.54, 1.807) is 30.3 Å². The standard InChI is InChI=1S/C18H19N3O5S/c1-25-17(22)15(20-18-19-14-5-3-4-6-16(14)26-18)11-12-7-9-13(10-8-12)21-27(2,23)24/h3-10,15,21H,11H2,1-2H3,(H,19,20)/t15-/m0/s1. The van der Waals surface area contributed by atoms with Crippen LogP contribution in [0.4, 0.5) is 11.7 Å². The molecule has 1 atom stereocenters. The number of rotatable bonds is 7. The van der Waals surface area contributed by atoms with E-state index < -0.39 is 22.0 Å². The number of nitrogens with zero attached hydrogens (tertiary/aromatic N) is 1. The number of para-hydroxylation sites is 2. The van der Waals surface area contributed by atoms with Crippen molar-refractivity contribution in [1.29, 1.82) is 0 Å². The zero-order valence-electron chi connectivity index (χ0n) is 14.8. The SMILES string of the molecule is COC(=O)[C@H](Cc1ccc(NS(C)(=O)=O)cc1)Nc1nc2ccccc2o1. The molecule has 0 saturated carbocycles. The maximum atomic E-state index is 12.1. The molecular weight excluding hydrogens is 370 g/mol. The molecular formula is C18H19N3O5S. The highest BCUT2D eigenvalue weighted by Gasteiger charge is 2.22. The first-order valence-electron chi connectivity index (χ1n) is 8.11. The summed E-state index contributed by atoms with van der Waals surface area (Å²) in [5.41, 5.74) is 2.55. The van der Waals surface area contributed by atoms with Crippen molar-refractivity contribution in [2.24, 2.45) is 0 Å². The molecule has 2 aromatic carbocycles. The van der Waals surface area contributed by atoms with Gasteiger partial charge in [0.2, 0.25) is 10.0 Å². The summed E-state index contributed by atoms with van der Waals surface area (Å²) in [5, 5.41) is 2.96. The van der Waals surface area contributed by atoms with E-state index in [2.05, 4.69) is 15.0 Å². The van der Waals surface area contributed by atoms with Crippen LogP contribution in [0.3, 0.4) is 0 Å². The third-order valence-electron chi connectivity index (χ3n) is 3.77. The van der Waals surface area contributed by atoms with Gasteiger partial charge < -0.3 is 14.5 Å². The first kappa shape index (κ1) is 18.7. The number of ether oxygens (including phenoxy) is 1. The van der Waals surface area contributed by atoms with Gasteiger partial charge in [0.15, 0.2) is 5.58 Å². The van der Waals surface area contributed by atoms with Gasteiger partial charge in [0.05, 0.1) is 13.4 Å². The monoisotopic (exact) mass is 389 g/mol. The number of oxazole rings is 1. The zero-order valence-corrected chi connectivity index (χ0v) is 15.6. The third-order valence-corrected chi connectivity index (χ3v) is 4.38. The number of carbonyl (C=O) groups excluding carboxylic acids is 1. The van der Waals surface area contributed by atoms with Crippen molar-refractivity contribution in [2.75, 3.05) is 23.4 Å². The Bertz CT molecular complexity index is 1010. The molecule has 3 aromatic rings. The molecule has 1 heterocycles. The first-order chi connectivity index (χ1) is 12.8. The molecule has 142 valence electrons. The summed E-state index contributed by atoms with van der Waals surface area (Å²) >= 11 is 0. The molecule has 1 aromatic heterocycles. The van der Waals surface area contributed by atoms with Crippen LogP contribution < -0.4 is 10.0 Å². The lowest BCUT2D eigenvalue weighted by molar-refractivity contribution is -0.141. The molecule has 8 nitrogen and oxygen atoms in total. The van der Waals surface area contributed by atoms with Crippen LogP contribution in [-0.2, 0) is 26.0 Å². The van der Waals surface area contributed by atoms with Gasteiger partial charge in [-0.15, -0.1) is 0 Å². The summed E-state index contributed by atoms with van der Waals surface area (Å²) < 4.78 is 35.4. The largest absolute Gasteiger partial charge is 0.467 e. The van der Waals surface area contributed by atoms with E-state index in [-0.39, 0.29) is 6.01 Å². The predicted molar refractivity (Wildman–Crippen MR) is 102 cm³/mol. The highest BCUT2D eigenvalue weighted by Crippen LogP contribution is 2.20. The number of carbonyl (C=O) groups is 1. The quantitative estimate of drug-likeness (QED) is 0.597. The van der Waals surface area contributed by atoms with Crippen molar-refractivity contribution in [3.63, 3.8) is 0 Å². The molecule has 0 aliphatic carbocycles. The van der Waals surface area contributed by atoms with E-state index in [9.17, 15) is 13.2 Å². The van der Waals surface area contributed by atoms with Crippen molar-refractivity contribution in [3.05, 3.63) is 54.1 Å². The fraction of sp³-hybridized carbons (Fsp3) is 0.222. The van der Waals surface area contributed by atoms with Gasteiger partial charge >= 0.3 is 5.97 Å². The number of fused-ring (bicyclic) bond motifs is 1. The second-order valence-electron chi connectivity index (χ2n) is 5.98. The molecule has 2 N–H and O–H groups in total. The lowest BCUT2D eigenvalue weighted by Crippen LogP contribution is -2.33. The molecule has 0 saturated heterocycles. The molecule has 0 amide bonds. The minimum atomic E-state index is -3.34. The van der Waals surface area contributed by atoms with Gasteiger partial charge in [-0.25, -0.2) is 13.2 Å². The molecule has 0 radical (unpaired) electrons. The second-order valence-corrected chi connectivity index (χ2v) is 7.73. The molecule has 0 bridgehead atoms. The highest BCUT2D eigenvalue weighted by atomic mass is 32.2. The maximum Gasteiger partial charge on any atom is 0.328 e. The molecule has 3 rings (SSSR count). The van der Waals surface area contributed by atoms with Crippen LogP contribution in [0, 0.1) is 0 Å². The van der Waals surface area contributed by atoms with Gasteiger partial charge in [-0.2, -0.15) is 4.98 Å². The molecule has 9 heteroatoms. The van der Waals surface area contributed by atoms with Crippen LogP contribution in [-0.4, -0.2) is 38.8 Å². The van der Waals surface area contributed by atoms with E-state index in [1.165, 1.54) is 7.11 Å². The molecule has 0 spiro atoms. The normalized spacial score (nSPS) is 12.5. The number of hydrogen-bond donors (Lipinski definition) is 2. The van der Waals surface area contributed by atoms with Crippen LogP contribution in [0.1, 0.15) is 5.56 Å².